The summed E-state index contributed by atoms with van der Waals surface area (Å²) in [5.41, 5.74) is 6.69. The quantitative estimate of drug-likeness (QED) is 0.769. The topological polar surface area (TPSA) is 78.5 Å². The van der Waals surface area contributed by atoms with Crippen LogP contribution in [-0.4, -0.2) is 24.3 Å². The summed E-state index contributed by atoms with van der Waals surface area (Å²) >= 11 is 11.8. The molecule has 0 aliphatic carbocycles. The number of hydrogen-bond acceptors (Lipinski definition) is 3. The molecular weight excluding hydrogens is 389 g/mol. The molecule has 140 valence electrons. The Morgan fingerprint density at radius 2 is 1.78 bits per heavy atom. The molecule has 0 unspecified atom stereocenters. The van der Waals surface area contributed by atoms with Crippen LogP contribution in [0.1, 0.15) is 22.3 Å². The molecule has 27 heavy (non-hydrogen) atoms. The maximum Gasteiger partial charge on any atom is 0.271 e. The number of halogens is 2. The van der Waals surface area contributed by atoms with Gasteiger partial charge in [-0.25, -0.2) is 0 Å². The van der Waals surface area contributed by atoms with E-state index >= 15 is 0 Å². The number of benzene rings is 2. The molecule has 0 bridgehead atoms. The van der Waals surface area contributed by atoms with E-state index < -0.39 is 17.7 Å². The number of aryl methyl sites for hydroxylation is 1. The van der Waals surface area contributed by atoms with Crippen molar-refractivity contribution in [1.82, 2.24) is 10.9 Å². The van der Waals surface area contributed by atoms with Crippen molar-refractivity contribution >= 4 is 46.6 Å². The van der Waals surface area contributed by atoms with Crippen molar-refractivity contribution < 1.29 is 14.4 Å². The Balaban J connectivity index is 1.59. The molecule has 8 heteroatoms. The van der Waals surface area contributed by atoms with Crippen LogP contribution >= 0.6 is 23.2 Å². The van der Waals surface area contributed by atoms with Crippen LogP contribution < -0.4 is 15.8 Å². The van der Waals surface area contributed by atoms with Gasteiger partial charge in [0.25, 0.3) is 5.91 Å². The summed E-state index contributed by atoms with van der Waals surface area (Å²) in [6.45, 7) is 2.22. The van der Waals surface area contributed by atoms with E-state index in [-0.39, 0.29) is 29.5 Å². The number of rotatable bonds is 3. The molecule has 1 aliphatic rings. The summed E-state index contributed by atoms with van der Waals surface area (Å²) in [5.74, 6) is -1.69. The van der Waals surface area contributed by atoms with Gasteiger partial charge in [0.15, 0.2) is 0 Å². The molecule has 0 radical (unpaired) electrons. The first-order valence-electron chi connectivity index (χ1n) is 8.27. The molecule has 1 fully saturated rings. The van der Waals surface area contributed by atoms with Gasteiger partial charge in [-0.15, -0.1) is 0 Å². The lowest BCUT2D eigenvalue weighted by molar-refractivity contribution is -0.126. The molecule has 0 saturated carbocycles. The molecular formula is C19H17Cl2N3O3. The number of carbonyl (C=O) groups is 3. The van der Waals surface area contributed by atoms with Gasteiger partial charge in [-0.1, -0.05) is 40.9 Å². The summed E-state index contributed by atoms with van der Waals surface area (Å²) in [6, 6.07) is 11.9. The van der Waals surface area contributed by atoms with Crippen molar-refractivity contribution in [3.63, 3.8) is 0 Å². The second-order valence-corrected chi connectivity index (χ2v) is 7.15. The number of nitrogens with one attached hydrogen (secondary N) is 2. The van der Waals surface area contributed by atoms with E-state index in [9.17, 15) is 14.4 Å². The zero-order valence-corrected chi connectivity index (χ0v) is 16.0. The minimum atomic E-state index is -0.565. The van der Waals surface area contributed by atoms with Crippen LogP contribution in [0.4, 0.5) is 5.69 Å². The van der Waals surface area contributed by atoms with Crippen LogP contribution in [0.3, 0.4) is 0 Å². The fourth-order valence-electron chi connectivity index (χ4n) is 2.82. The van der Waals surface area contributed by atoms with Gasteiger partial charge in [0.2, 0.25) is 11.8 Å². The highest BCUT2D eigenvalue weighted by Crippen LogP contribution is 2.25. The summed E-state index contributed by atoms with van der Waals surface area (Å²) in [4.78, 5) is 38.3. The lowest BCUT2D eigenvalue weighted by atomic mass is 10.1. The van der Waals surface area contributed by atoms with E-state index in [0.717, 1.165) is 11.3 Å². The fourth-order valence-corrected chi connectivity index (χ4v) is 3.31. The van der Waals surface area contributed by atoms with Crippen LogP contribution in [0.5, 0.6) is 0 Å². The van der Waals surface area contributed by atoms with Crippen molar-refractivity contribution in [2.75, 3.05) is 11.4 Å². The maximum atomic E-state index is 12.3. The number of amides is 3. The third-order valence-electron chi connectivity index (χ3n) is 4.32. The van der Waals surface area contributed by atoms with E-state index in [1.165, 1.54) is 18.2 Å². The average Bonchev–Trinajstić information content (AvgIpc) is 3.02. The molecule has 2 aromatic rings. The molecule has 6 nitrogen and oxygen atoms in total. The smallest absolute Gasteiger partial charge is 0.271 e. The van der Waals surface area contributed by atoms with Crippen LogP contribution in [0.15, 0.2) is 42.5 Å². The monoisotopic (exact) mass is 405 g/mol. The first kappa shape index (κ1) is 19.2. The Kier molecular flexibility index (Phi) is 5.68. The standard InChI is InChI=1S/C19H17Cl2N3O3/c1-11-2-5-14(6-3-11)24-10-12(8-17(24)25)18(26)22-23-19(27)15-7-4-13(20)9-16(15)21/h2-7,9,12H,8,10H2,1H3,(H,22,26)(H,23,27)/t12-/m1/s1. The van der Waals surface area contributed by atoms with E-state index in [0.29, 0.717) is 5.02 Å². The zero-order chi connectivity index (χ0) is 19.6. The van der Waals surface area contributed by atoms with Crippen molar-refractivity contribution in [3.05, 3.63) is 63.6 Å². The van der Waals surface area contributed by atoms with Crippen LogP contribution in [-0.2, 0) is 9.59 Å². The van der Waals surface area contributed by atoms with Crippen LogP contribution in [0, 0.1) is 12.8 Å². The number of anilines is 1. The van der Waals surface area contributed by atoms with Crippen LogP contribution in [0.2, 0.25) is 10.0 Å². The Morgan fingerprint density at radius 3 is 2.44 bits per heavy atom. The van der Waals surface area contributed by atoms with Crippen LogP contribution in [0.25, 0.3) is 0 Å². The van der Waals surface area contributed by atoms with Crippen molar-refractivity contribution in [1.29, 1.82) is 0 Å². The summed E-state index contributed by atoms with van der Waals surface area (Å²) < 4.78 is 0. The third-order valence-corrected chi connectivity index (χ3v) is 4.86. The number of nitrogens with zero attached hydrogens (tertiary/aromatic N) is 1. The second-order valence-electron chi connectivity index (χ2n) is 6.31. The average molecular weight is 406 g/mol. The highest BCUT2D eigenvalue weighted by molar-refractivity contribution is 6.36. The van der Waals surface area contributed by atoms with E-state index in [1.807, 2.05) is 31.2 Å². The van der Waals surface area contributed by atoms with Gasteiger partial charge >= 0.3 is 0 Å². The molecule has 1 saturated heterocycles. The predicted octanol–water partition coefficient (Wildman–Crippen LogP) is 3.12. The zero-order valence-electron chi connectivity index (χ0n) is 14.5. The van der Waals surface area contributed by atoms with Gasteiger partial charge in [-0.05, 0) is 37.3 Å². The fraction of sp³-hybridized carbons (Fsp3) is 0.211. The highest BCUT2D eigenvalue weighted by atomic mass is 35.5. The molecule has 0 spiro atoms. The first-order valence-corrected chi connectivity index (χ1v) is 9.03. The van der Waals surface area contributed by atoms with E-state index in [2.05, 4.69) is 10.9 Å². The molecule has 3 amide bonds. The number of hydrogen-bond donors (Lipinski definition) is 2. The Morgan fingerprint density at radius 1 is 1.07 bits per heavy atom. The Labute approximate surface area is 166 Å². The molecule has 0 aromatic heterocycles. The maximum absolute atomic E-state index is 12.3. The van der Waals surface area contributed by atoms with Gasteiger partial charge in [0.05, 0.1) is 16.5 Å². The minimum absolute atomic E-state index is 0.0806. The highest BCUT2D eigenvalue weighted by Gasteiger charge is 2.35. The molecule has 3 rings (SSSR count). The SMILES string of the molecule is Cc1ccc(N2C[C@H](C(=O)NNC(=O)c3ccc(Cl)cc3Cl)CC2=O)cc1. The molecule has 2 aromatic carbocycles. The lowest BCUT2D eigenvalue weighted by Crippen LogP contribution is -2.45. The molecule has 2 N–H and O–H groups in total. The normalized spacial score (nSPS) is 16.3. The first-order chi connectivity index (χ1) is 12.8. The van der Waals surface area contributed by atoms with Gasteiger partial charge in [0, 0.05) is 23.7 Å². The molecule has 1 heterocycles. The Hall–Kier alpha value is -2.57. The summed E-state index contributed by atoms with van der Waals surface area (Å²) in [7, 11) is 0. The van der Waals surface area contributed by atoms with Crippen molar-refractivity contribution in [2.45, 2.75) is 13.3 Å². The number of carbonyl (C=O) groups excluding carboxylic acids is 3. The van der Waals surface area contributed by atoms with Crippen molar-refractivity contribution in [2.24, 2.45) is 5.92 Å². The summed E-state index contributed by atoms with van der Waals surface area (Å²) in [6.07, 6.45) is 0.0806. The minimum Gasteiger partial charge on any atom is -0.312 e. The second kappa shape index (κ2) is 7.98. The van der Waals surface area contributed by atoms with Crippen molar-refractivity contribution in [3.8, 4) is 0 Å². The predicted molar refractivity (Wildman–Crippen MR) is 104 cm³/mol. The molecule has 1 atom stereocenters. The lowest BCUT2D eigenvalue weighted by Gasteiger charge is -2.17. The Bertz CT molecular complexity index is 900. The van der Waals surface area contributed by atoms with Gasteiger partial charge in [-0.3, -0.25) is 25.2 Å². The largest absolute Gasteiger partial charge is 0.312 e. The van der Waals surface area contributed by atoms with E-state index in [4.69, 9.17) is 23.2 Å². The van der Waals surface area contributed by atoms with Gasteiger partial charge in [0.1, 0.15) is 0 Å². The third kappa shape index (κ3) is 4.40. The summed E-state index contributed by atoms with van der Waals surface area (Å²) in [5, 5.41) is 0.581. The van der Waals surface area contributed by atoms with Gasteiger partial charge < -0.3 is 4.90 Å². The van der Waals surface area contributed by atoms with Gasteiger partial charge in [-0.2, -0.15) is 0 Å². The van der Waals surface area contributed by atoms with E-state index in [1.54, 1.807) is 4.90 Å². The number of hydrazine groups is 1. The molecule has 1 aliphatic heterocycles.